The van der Waals surface area contributed by atoms with E-state index in [1.54, 1.807) is 26.1 Å². The molecule has 1 N–H and O–H groups in total. The van der Waals surface area contributed by atoms with E-state index in [-0.39, 0.29) is 0 Å². The van der Waals surface area contributed by atoms with E-state index in [1.807, 2.05) is 0 Å². The summed E-state index contributed by atoms with van der Waals surface area (Å²) in [6.45, 7) is 3.19. The van der Waals surface area contributed by atoms with Crippen molar-refractivity contribution in [2.24, 2.45) is 0 Å². The van der Waals surface area contributed by atoms with E-state index in [0.717, 1.165) is 0 Å². The molecule has 0 fully saturated rings. The van der Waals surface area contributed by atoms with Crippen molar-refractivity contribution in [2.45, 2.75) is 19.3 Å². The summed E-state index contributed by atoms with van der Waals surface area (Å²) in [5, 5.41) is 13.7. The predicted molar refractivity (Wildman–Crippen MR) is 58.7 cm³/mol. The zero-order valence-corrected chi connectivity index (χ0v) is 9.56. The highest BCUT2D eigenvalue weighted by atomic mass is 35.5. The van der Waals surface area contributed by atoms with Gasteiger partial charge < -0.3 is 5.11 Å². The summed E-state index contributed by atoms with van der Waals surface area (Å²) in [4.78, 5) is 15.1. The monoisotopic (exact) mass is 239 g/mol. The van der Waals surface area contributed by atoms with Crippen molar-refractivity contribution in [1.82, 2.24) is 14.6 Å². The molecule has 0 saturated carbocycles. The van der Waals surface area contributed by atoms with Crippen molar-refractivity contribution in [3.05, 3.63) is 29.2 Å². The summed E-state index contributed by atoms with van der Waals surface area (Å²) >= 11 is 5.77. The number of carboxylic acid groups (broad SMARTS) is 1. The lowest BCUT2D eigenvalue weighted by molar-refractivity contribution is -0.142. The van der Waals surface area contributed by atoms with Crippen molar-refractivity contribution in [1.29, 1.82) is 0 Å². The summed E-state index contributed by atoms with van der Waals surface area (Å²) in [6.07, 6.45) is 3.08. The average molecular weight is 240 g/mol. The Bertz CT molecular complexity index is 562. The Hall–Kier alpha value is -1.62. The SMILES string of the molecule is CC(C)(C(=O)O)c1cc2ncc(Cl)cn2n1. The lowest BCUT2D eigenvalue weighted by Crippen LogP contribution is -2.29. The molecule has 0 aliphatic rings. The second kappa shape index (κ2) is 3.45. The zero-order chi connectivity index (χ0) is 11.9. The zero-order valence-electron chi connectivity index (χ0n) is 8.81. The van der Waals surface area contributed by atoms with Crippen LogP contribution in [0.1, 0.15) is 19.5 Å². The first-order chi connectivity index (χ1) is 7.41. The van der Waals surface area contributed by atoms with Crippen LogP contribution in [-0.4, -0.2) is 25.7 Å². The van der Waals surface area contributed by atoms with Gasteiger partial charge >= 0.3 is 5.97 Å². The number of aliphatic carboxylic acids is 1. The number of nitrogens with zero attached hydrogens (tertiary/aromatic N) is 3. The molecule has 0 bridgehead atoms. The summed E-state index contributed by atoms with van der Waals surface area (Å²) in [6, 6.07) is 1.64. The van der Waals surface area contributed by atoms with Crippen LogP contribution in [0.3, 0.4) is 0 Å². The topological polar surface area (TPSA) is 67.5 Å². The quantitative estimate of drug-likeness (QED) is 0.867. The molecule has 6 heteroatoms. The third kappa shape index (κ3) is 1.63. The smallest absolute Gasteiger partial charge is 0.315 e. The van der Waals surface area contributed by atoms with Crippen LogP contribution in [0.2, 0.25) is 5.02 Å². The number of halogens is 1. The van der Waals surface area contributed by atoms with Gasteiger partial charge in [0.2, 0.25) is 0 Å². The number of carbonyl (C=O) groups is 1. The Morgan fingerprint density at radius 3 is 2.88 bits per heavy atom. The molecule has 2 heterocycles. The molecule has 84 valence electrons. The second-order valence-electron chi connectivity index (χ2n) is 4.03. The fourth-order valence-corrected chi connectivity index (χ4v) is 1.41. The van der Waals surface area contributed by atoms with Gasteiger partial charge in [0.15, 0.2) is 5.65 Å². The Balaban J connectivity index is 2.59. The van der Waals surface area contributed by atoms with Gasteiger partial charge in [0, 0.05) is 12.3 Å². The van der Waals surface area contributed by atoms with Gasteiger partial charge in [-0.1, -0.05) is 11.6 Å². The average Bonchev–Trinajstić information content (AvgIpc) is 2.60. The van der Waals surface area contributed by atoms with Crippen molar-refractivity contribution >= 4 is 23.2 Å². The van der Waals surface area contributed by atoms with E-state index in [2.05, 4.69) is 10.1 Å². The summed E-state index contributed by atoms with van der Waals surface area (Å²) < 4.78 is 1.47. The molecule has 0 spiro atoms. The van der Waals surface area contributed by atoms with Crippen LogP contribution in [0, 0.1) is 0 Å². The fraction of sp³-hybridized carbons (Fsp3) is 0.300. The van der Waals surface area contributed by atoms with E-state index < -0.39 is 11.4 Å². The molecule has 0 aliphatic heterocycles. The van der Waals surface area contributed by atoms with Crippen LogP contribution in [0.5, 0.6) is 0 Å². The summed E-state index contributed by atoms with van der Waals surface area (Å²) in [7, 11) is 0. The molecule has 0 atom stereocenters. The van der Waals surface area contributed by atoms with Crippen LogP contribution >= 0.6 is 11.6 Å². The minimum Gasteiger partial charge on any atom is -0.481 e. The molecule has 0 aromatic carbocycles. The highest BCUT2D eigenvalue weighted by Gasteiger charge is 2.32. The molecule has 5 nitrogen and oxygen atoms in total. The van der Waals surface area contributed by atoms with Crippen molar-refractivity contribution in [3.63, 3.8) is 0 Å². The number of hydrogen-bond acceptors (Lipinski definition) is 3. The fourth-order valence-electron chi connectivity index (χ4n) is 1.27. The lowest BCUT2D eigenvalue weighted by atomic mass is 9.90. The molecule has 0 unspecified atom stereocenters. The van der Waals surface area contributed by atoms with E-state index in [1.165, 1.54) is 10.7 Å². The second-order valence-corrected chi connectivity index (χ2v) is 4.47. The van der Waals surface area contributed by atoms with Crippen LogP contribution in [0.4, 0.5) is 0 Å². The van der Waals surface area contributed by atoms with E-state index in [0.29, 0.717) is 16.4 Å². The molecule has 16 heavy (non-hydrogen) atoms. The largest absolute Gasteiger partial charge is 0.481 e. The van der Waals surface area contributed by atoms with Gasteiger partial charge in [-0.05, 0) is 13.8 Å². The van der Waals surface area contributed by atoms with Gasteiger partial charge in [-0.25, -0.2) is 9.50 Å². The van der Waals surface area contributed by atoms with Gasteiger partial charge in [0.1, 0.15) is 5.41 Å². The molecule has 2 aromatic rings. The van der Waals surface area contributed by atoms with Crippen LogP contribution in [-0.2, 0) is 10.2 Å². The molecule has 0 aliphatic carbocycles. The van der Waals surface area contributed by atoms with Gasteiger partial charge in [-0.2, -0.15) is 5.10 Å². The van der Waals surface area contributed by atoms with Crippen molar-refractivity contribution in [3.8, 4) is 0 Å². The van der Waals surface area contributed by atoms with Crippen LogP contribution in [0.15, 0.2) is 18.5 Å². The molecular formula is C10H10ClN3O2. The molecule has 0 radical (unpaired) electrons. The van der Waals surface area contributed by atoms with Gasteiger partial charge in [-0.3, -0.25) is 4.79 Å². The first-order valence-electron chi connectivity index (χ1n) is 4.66. The van der Waals surface area contributed by atoms with E-state index in [4.69, 9.17) is 16.7 Å². The van der Waals surface area contributed by atoms with Crippen molar-refractivity contribution in [2.75, 3.05) is 0 Å². The summed E-state index contributed by atoms with van der Waals surface area (Å²) in [5.41, 5.74) is -0.0105. The van der Waals surface area contributed by atoms with Gasteiger partial charge in [0.05, 0.1) is 16.9 Å². The Labute approximate surface area is 96.7 Å². The van der Waals surface area contributed by atoms with Crippen molar-refractivity contribution < 1.29 is 9.90 Å². The molecule has 0 saturated heterocycles. The lowest BCUT2D eigenvalue weighted by Gasteiger charge is -2.14. The van der Waals surface area contributed by atoms with Gasteiger partial charge in [-0.15, -0.1) is 0 Å². The van der Waals surface area contributed by atoms with Gasteiger partial charge in [0.25, 0.3) is 0 Å². The highest BCUT2D eigenvalue weighted by Crippen LogP contribution is 2.23. The number of fused-ring (bicyclic) bond motifs is 1. The first-order valence-corrected chi connectivity index (χ1v) is 5.04. The number of carboxylic acids is 1. The standard InChI is InChI=1S/C10H10ClN3O2/c1-10(2,9(15)16)7-3-8-12-4-6(11)5-14(8)13-7/h3-5H,1-2H3,(H,15,16). The summed E-state index contributed by atoms with van der Waals surface area (Å²) in [5.74, 6) is -0.929. The molecule has 2 rings (SSSR count). The Kier molecular flexibility index (Phi) is 2.35. The third-order valence-electron chi connectivity index (χ3n) is 2.46. The molecule has 2 aromatic heterocycles. The maximum absolute atomic E-state index is 11.1. The van der Waals surface area contributed by atoms with E-state index >= 15 is 0 Å². The maximum Gasteiger partial charge on any atom is 0.315 e. The third-order valence-corrected chi connectivity index (χ3v) is 2.65. The number of hydrogen-bond donors (Lipinski definition) is 1. The predicted octanol–water partition coefficient (Wildman–Crippen LogP) is 1.74. The Morgan fingerprint density at radius 2 is 2.25 bits per heavy atom. The minimum atomic E-state index is -1.04. The normalized spacial score (nSPS) is 11.9. The van der Waals surface area contributed by atoms with Crippen LogP contribution < -0.4 is 0 Å². The first kappa shape index (κ1) is 10.9. The Morgan fingerprint density at radius 1 is 1.56 bits per heavy atom. The van der Waals surface area contributed by atoms with E-state index in [9.17, 15) is 4.79 Å². The highest BCUT2D eigenvalue weighted by molar-refractivity contribution is 6.30. The molecule has 0 amide bonds. The number of rotatable bonds is 2. The van der Waals surface area contributed by atoms with Crippen LogP contribution in [0.25, 0.3) is 5.65 Å². The number of aromatic nitrogens is 3. The minimum absolute atomic E-state index is 0.453. The maximum atomic E-state index is 11.1. The molecular weight excluding hydrogens is 230 g/mol.